The molecule has 4 nitrogen and oxygen atoms in total. The maximum atomic E-state index is 12.5. The minimum Gasteiger partial charge on any atom is -0.355 e. The van der Waals surface area contributed by atoms with Crippen LogP contribution in [0.1, 0.15) is 32.4 Å². The van der Waals surface area contributed by atoms with E-state index in [0.29, 0.717) is 17.8 Å². The number of hydrogen-bond donors (Lipinski definition) is 1. The van der Waals surface area contributed by atoms with E-state index in [4.69, 9.17) is 0 Å². The third kappa shape index (κ3) is 4.06. The SMILES string of the molecule is CCNC(C)C1CCCN(c2ccc(C(F)(F)F)nn2)C1. The van der Waals surface area contributed by atoms with E-state index in [1.54, 1.807) is 0 Å². The Morgan fingerprint density at radius 2 is 2.14 bits per heavy atom. The van der Waals surface area contributed by atoms with Gasteiger partial charge in [0.15, 0.2) is 11.5 Å². The van der Waals surface area contributed by atoms with Gasteiger partial charge in [-0.15, -0.1) is 10.2 Å². The van der Waals surface area contributed by atoms with E-state index in [1.807, 2.05) is 4.90 Å². The fraction of sp³-hybridized carbons (Fsp3) is 0.714. The van der Waals surface area contributed by atoms with Crippen LogP contribution in [0.15, 0.2) is 12.1 Å². The van der Waals surface area contributed by atoms with Crippen molar-refractivity contribution in [3.05, 3.63) is 17.8 Å². The molecule has 21 heavy (non-hydrogen) atoms. The third-order valence-electron chi connectivity index (χ3n) is 3.96. The first-order valence-electron chi connectivity index (χ1n) is 7.31. The molecule has 2 unspecified atom stereocenters. The minimum absolute atomic E-state index is 0.389. The van der Waals surface area contributed by atoms with Crippen LogP contribution in [0, 0.1) is 5.92 Å². The quantitative estimate of drug-likeness (QED) is 0.928. The highest BCUT2D eigenvalue weighted by atomic mass is 19.4. The lowest BCUT2D eigenvalue weighted by atomic mass is 9.91. The molecule has 1 aromatic rings. The molecule has 1 aromatic heterocycles. The van der Waals surface area contributed by atoms with Crippen LogP contribution in [-0.4, -0.2) is 35.9 Å². The molecule has 2 heterocycles. The summed E-state index contributed by atoms with van der Waals surface area (Å²) < 4.78 is 37.5. The van der Waals surface area contributed by atoms with E-state index in [1.165, 1.54) is 6.07 Å². The Balaban J connectivity index is 2.04. The van der Waals surface area contributed by atoms with Gasteiger partial charge in [-0.05, 0) is 44.4 Å². The number of alkyl halides is 3. The highest BCUT2D eigenvalue weighted by Crippen LogP contribution is 2.28. The summed E-state index contributed by atoms with van der Waals surface area (Å²) in [6.45, 7) is 6.75. The predicted molar refractivity (Wildman–Crippen MR) is 75.1 cm³/mol. The topological polar surface area (TPSA) is 41.0 Å². The molecule has 0 bridgehead atoms. The third-order valence-corrected chi connectivity index (χ3v) is 3.96. The van der Waals surface area contributed by atoms with Gasteiger partial charge in [0.05, 0.1) is 0 Å². The fourth-order valence-corrected chi connectivity index (χ4v) is 2.76. The van der Waals surface area contributed by atoms with Crippen molar-refractivity contribution >= 4 is 5.82 Å². The Labute approximate surface area is 122 Å². The molecule has 0 spiro atoms. The lowest BCUT2D eigenvalue weighted by Crippen LogP contribution is -2.44. The zero-order valence-electron chi connectivity index (χ0n) is 12.3. The molecule has 0 aromatic carbocycles. The van der Waals surface area contributed by atoms with Crippen LogP contribution in [0.5, 0.6) is 0 Å². The number of anilines is 1. The maximum Gasteiger partial charge on any atom is 0.435 e. The van der Waals surface area contributed by atoms with E-state index >= 15 is 0 Å². The molecule has 1 saturated heterocycles. The van der Waals surface area contributed by atoms with Gasteiger partial charge in [0, 0.05) is 19.1 Å². The maximum absolute atomic E-state index is 12.5. The molecule has 2 rings (SSSR count). The summed E-state index contributed by atoms with van der Waals surface area (Å²) in [4.78, 5) is 2.02. The van der Waals surface area contributed by atoms with Gasteiger partial charge in [-0.2, -0.15) is 13.2 Å². The molecule has 2 atom stereocenters. The largest absolute Gasteiger partial charge is 0.435 e. The number of nitrogens with zero attached hydrogens (tertiary/aromatic N) is 3. The van der Waals surface area contributed by atoms with Gasteiger partial charge in [-0.25, -0.2) is 0 Å². The van der Waals surface area contributed by atoms with E-state index < -0.39 is 11.9 Å². The van der Waals surface area contributed by atoms with Crippen molar-refractivity contribution in [2.45, 2.75) is 38.9 Å². The van der Waals surface area contributed by atoms with Crippen LogP contribution >= 0.6 is 0 Å². The van der Waals surface area contributed by atoms with Crippen LogP contribution < -0.4 is 10.2 Å². The number of aromatic nitrogens is 2. The Hall–Kier alpha value is -1.37. The van der Waals surface area contributed by atoms with Gasteiger partial charge in [-0.1, -0.05) is 6.92 Å². The smallest absolute Gasteiger partial charge is 0.355 e. The first-order chi connectivity index (χ1) is 9.91. The molecule has 0 radical (unpaired) electrons. The average molecular weight is 302 g/mol. The van der Waals surface area contributed by atoms with Gasteiger partial charge in [0.2, 0.25) is 0 Å². The predicted octanol–water partition coefficient (Wildman–Crippen LogP) is 2.71. The fourth-order valence-electron chi connectivity index (χ4n) is 2.76. The van der Waals surface area contributed by atoms with E-state index in [0.717, 1.165) is 38.5 Å². The molecule has 0 saturated carbocycles. The van der Waals surface area contributed by atoms with Crippen molar-refractivity contribution in [3.8, 4) is 0 Å². The Morgan fingerprint density at radius 3 is 2.71 bits per heavy atom. The summed E-state index contributed by atoms with van der Waals surface area (Å²) in [5.74, 6) is 0.999. The monoisotopic (exact) mass is 302 g/mol. The Morgan fingerprint density at radius 1 is 1.38 bits per heavy atom. The molecule has 1 aliphatic rings. The number of hydrogen-bond acceptors (Lipinski definition) is 4. The molecule has 7 heteroatoms. The Kier molecular flexibility index (Phi) is 5.03. The van der Waals surface area contributed by atoms with Gasteiger partial charge < -0.3 is 10.2 Å². The van der Waals surface area contributed by atoms with Crippen LogP contribution in [0.2, 0.25) is 0 Å². The lowest BCUT2D eigenvalue weighted by Gasteiger charge is -2.36. The van der Waals surface area contributed by atoms with Gasteiger partial charge in [0.1, 0.15) is 0 Å². The summed E-state index contributed by atoms with van der Waals surface area (Å²) in [5, 5.41) is 10.4. The van der Waals surface area contributed by atoms with Gasteiger partial charge in [0.25, 0.3) is 0 Å². The number of halogens is 3. The molecule has 0 aliphatic carbocycles. The minimum atomic E-state index is -4.43. The second-order valence-electron chi connectivity index (χ2n) is 5.47. The standard InChI is InChI=1S/C14H21F3N4/c1-3-18-10(2)11-5-4-8-21(9-11)13-7-6-12(19-20-13)14(15,16)17/h6-7,10-11,18H,3-5,8-9H2,1-2H3. The molecule has 1 aliphatic heterocycles. The summed E-state index contributed by atoms with van der Waals surface area (Å²) in [7, 11) is 0. The highest BCUT2D eigenvalue weighted by molar-refractivity contribution is 5.38. The van der Waals surface area contributed by atoms with E-state index in [-0.39, 0.29) is 0 Å². The summed E-state index contributed by atoms with van der Waals surface area (Å²) in [6.07, 6.45) is -2.29. The van der Waals surface area contributed by atoms with Crippen molar-refractivity contribution in [2.75, 3.05) is 24.5 Å². The van der Waals surface area contributed by atoms with Crippen molar-refractivity contribution in [1.29, 1.82) is 0 Å². The normalized spacial score (nSPS) is 21.4. The molecule has 1 fully saturated rings. The van der Waals surface area contributed by atoms with E-state index in [9.17, 15) is 13.2 Å². The number of nitrogens with one attached hydrogen (secondary N) is 1. The molecule has 118 valence electrons. The van der Waals surface area contributed by atoms with Crippen molar-refractivity contribution in [1.82, 2.24) is 15.5 Å². The second-order valence-corrected chi connectivity index (χ2v) is 5.47. The van der Waals surface area contributed by atoms with Gasteiger partial charge >= 0.3 is 6.18 Å². The van der Waals surface area contributed by atoms with E-state index in [2.05, 4.69) is 29.4 Å². The van der Waals surface area contributed by atoms with Crippen LogP contribution in [0.4, 0.5) is 19.0 Å². The van der Waals surface area contributed by atoms with Crippen molar-refractivity contribution < 1.29 is 13.2 Å². The zero-order valence-corrected chi connectivity index (χ0v) is 12.3. The van der Waals surface area contributed by atoms with Crippen molar-refractivity contribution in [3.63, 3.8) is 0 Å². The molecular weight excluding hydrogens is 281 g/mol. The first kappa shape index (κ1) is 16.0. The summed E-state index contributed by atoms with van der Waals surface area (Å²) in [5.41, 5.74) is -0.944. The highest BCUT2D eigenvalue weighted by Gasteiger charge is 2.33. The number of piperidine rings is 1. The number of rotatable bonds is 4. The average Bonchev–Trinajstić information content (AvgIpc) is 2.47. The van der Waals surface area contributed by atoms with Crippen molar-refractivity contribution in [2.24, 2.45) is 5.92 Å². The van der Waals surface area contributed by atoms with Gasteiger partial charge in [-0.3, -0.25) is 0 Å². The molecule has 0 amide bonds. The lowest BCUT2D eigenvalue weighted by molar-refractivity contribution is -0.141. The summed E-state index contributed by atoms with van der Waals surface area (Å²) >= 11 is 0. The van der Waals surface area contributed by atoms with Crippen LogP contribution in [0.25, 0.3) is 0 Å². The summed E-state index contributed by atoms with van der Waals surface area (Å²) in [6, 6.07) is 2.80. The Bertz CT molecular complexity index is 447. The zero-order chi connectivity index (χ0) is 15.5. The van der Waals surface area contributed by atoms with Crippen LogP contribution in [-0.2, 0) is 6.18 Å². The second kappa shape index (κ2) is 6.60. The molecule has 1 N–H and O–H groups in total. The van der Waals surface area contributed by atoms with Crippen LogP contribution in [0.3, 0.4) is 0 Å². The first-order valence-corrected chi connectivity index (χ1v) is 7.31. The molecular formula is C14H21F3N4.